The van der Waals surface area contributed by atoms with Crippen LogP contribution in [0.15, 0.2) is 12.5 Å². The Hall–Kier alpha value is -2.35. The van der Waals surface area contributed by atoms with E-state index in [-0.39, 0.29) is 17.2 Å². The number of nitrogens with two attached hydrogens (primary N) is 1. The molecule has 0 aliphatic heterocycles. The third-order valence-corrected chi connectivity index (χ3v) is 2.94. The van der Waals surface area contributed by atoms with E-state index in [0.717, 1.165) is 0 Å². The van der Waals surface area contributed by atoms with Crippen LogP contribution in [-0.2, 0) is 13.1 Å². The van der Waals surface area contributed by atoms with Gasteiger partial charge in [-0.05, 0) is 13.8 Å². The first-order chi connectivity index (χ1) is 9.04. The minimum absolute atomic E-state index is 0.0967. The molecule has 0 saturated heterocycles. The summed E-state index contributed by atoms with van der Waals surface area (Å²) in [6.45, 7) is 3.93. The summed E-state index contributed by atoms with van der Waals surface area (Å²) in [5, 5.41) is 15.1. The first-order valence-corrected chi connectivity index (χ1v) is 5.70. The van der Waals surface area contributed by atoms with Crippen molar-refractivity contribution in [3.8, 4) is 0 Å². The highest BCUT2D eigenvalue weighted by molar-refractivity contribution is 5.47. The lowest BCUT2D eigenvalue weighted by Crippen LogP contribution is -2.13. The summed E-state index contributed by atoms with van der Waals surface area (Å²) < 4.78 is 1.59. The summed E-state index contributed by atoms with van der Waals surface area (Å²) in [4.78, 5) is 18.9. The van der Waals surface area contributed by atoms with E-state index in [9.17, 15) is 10.1 Å². The smallest absolute Gasteiger partial charge is 0.278 e. The largest absolute Gasteiger partial charge is 0.324 e. The fourth-order valence-electron chi connectivity index (χ4n) is 1.93. The standard InChI is InChI=1S/C11H14N6O2/c1-7-4-13-9(8(2)11(7)17(18)19)5-16-10(3-12)14-6-15-16/h4,6H,3,5,12H2,1-2H3. The molecule has 0 atom stereocenters. The van der Waals surface area contributed by atoms with Crippen molar-refractivity contribution in [3.63, 3.8) is 0 Å². The maximum Gasteiger partial charge on any atom is 0.278 e. The van der Waals surface area contributed by atoms with Crippen molar-refractivity contribution >= 4 is 5.69 Å². The Kier molecular flexibility index (Phi) is 3.52. The molecule has 8 nitrogen and oxygen atoms in total. The topological polar surface area (TPSA) is 113 Å². The molecule has 2 rings (SSSR count). The number of aromatic nitrogens is 4. The van der Waals surface area contributed by atoms with Gasteiger partial charge in [-0.2, -0.15) is 5.10 Å². The maximum absolute atomic E-state index is 11.0. The highest BCUT2D eigenvalue weighted by atomic mass is 16.6. The van der Waals surface area contributed by atoms with E-state index in [1.165, 1.54) is 12.5 Å². The van der Waals surface area contributed by atoms with Crippen LogP contribution in [0.4, 0.5) is 5.69 Å². The van der Waals surface area contributed by atoms with Crippen LogP contribution in [0, 0.1) is 24.0 Å². The van der Waals surface area contributed by atoms with Gasteiger partial charge in [0.15, 0.2) is 0 Å². The Balaban J connectivity index is 2.42. The fourth-order valence-corrected chi connectivity index (χ4v) is 1.93. The fraction of sp³-hybridized carbons (Fsp3) is 0.364. The van der Waals surface area contributed by atoms with Crippen molar-refractivity contribution in [2.75, 3.05) is 0 Å². The van der Waals surface area contributed by atoms with Crippen molar-refractivity contribution in [2.45, 2.75) is 26.9 Å². The number of aryl methyl sites for hydroxylation is 1. The minimum atomic E-state index is -0.388. The van der Waals surface area contributed by atoms with E-state index < -0.39 is 0 Å². The molecule has 0 aromatic carbocycles. The van der Waals surface area contributed by atoms with E-state index in [2.05, 4.69) is 15.1 Å². The van der Waals surface area contributed by atoms with E-state index >= 15 is 0 Å². The number of hydrogen-bond acceptors (Lipinski definition) is 6. The monoisotopic (exact) mass is 262 g/mol. The molecule has 8 heteroatoms. The zero-order valence-electron chi connectivity index (χ0n) is 10.7. The second-order valence-electron chi connectivity index (χ2n) is 4.16. The molecular formula is C11H14N6O2. The Morgan fingerprint density at radius 1 is 1.42 bits per heavy atom. The van der Waals surface area contributed by atoms with Crippen LogP contribution in [0.1, 0.15) is 22.6 Å². The molecule has 0 aliphatic rings. The predicted molar refractivity (Wildman–Crippen MR) is 67.4 cm³/mol. The first-order valence-electron chi connectivity index (χ1n) is 5.70. The average Bonchev–Trinajstić information content (AvgIpc) is 2.79. The van der Waals surface area contributed by atoms with Gasteiger partial charge in [-0.15, -0.1) is 0 Å². The molecule has 0 aliphatic carbocycles. The van der Waals surface area contributed by atoms with Crippen LogP contribution in [-0.4, -0.2) is 24.7 Å². The number of rotatable bonds is 4. The zero-order valence-corrected chi connectivity index (χ0v) is 10.7. The number of hydrogen-bond donors (Lipinski definition) is 1. The Morgan fingerprint density at radius 2 is 2.16 bits per heavy atom. The van der Waals surface area contributed by atoms with E-state index in [1.54, 1.807) is 18.5 Å². The van der Waals surface area contributed by atoms with Crippen LogP contribution in [0.2, 0.25) is 0 Å². The van der Waals surface area contributed by atoms with E-state index in [0.29, 0.717) is 29.2 Å². The molecule has 2 N–H and O–H groups in total. The van der Waals surface area contributed by atoms with Crippen molar-refractivity contribution in [1.29, 1.82) is 0 Å². The molecule has 0 bridgehead atoms. The van der Waals surface area contributed by atoms with Gasteiger partial charge in [0, 0.05) is 11.8 Å². The predicted octanol–water partition coefficient (Wildman–Crippen LogP) is 0.705. The average molecular weight is 262 g/mol. The van der Waals surface area contributed by atoms with Gasteiger partial charge >= 0.3 is 0 Å². The molecule has 0 radical (unpaired) electrons. The molecule has 2 aromatic heterocycles. The summed E-state index contributed by atoms with van der Waals surface area (Å²) in [5.74, 6) is 0.615. The molecule has 19 heavy (non-hydrogen) atoms. The third-order valence-electron chi connectivity index (χ3n) is 2.94. The van der Waals surface area contributed by atoms with Gasteiger partial charge in [0.05, 0.1) is 29.3 Å². The lowest BCUT2D eigenvalue weighted by Gasteiger charge is -2.08. The van der Waals surface area contributed by atoms with Crippen molar-refractivity contribution in [1.82, 2.24) is 19.7 Å². The summed E-state index contributed by atoms with van der Waals surface area (Å²) in [6.07, 6.45) is 2.90. The first kappa shape index (κ1) is 13.1. The van der Waals surface area contributed by atoms with Gasteiger partial charge < -0.3 is 5.73 Å². The molecule has 0 saturated carbocycles. The number of nitro groups is 1. The number of pyridine rings is 1. The van der Waals surface area contributed by atoms with Crippen LogP contribution in [0.3, 0.4) is 0 Å². The second-order valence-corrected chi connectivity index (χ2v) is 4.16. The van der Waals surface area contributed by atoms with Gasteiger partial charge in [0.25, 0.3) is 5.69 Å². The second kappa shape index (κ2) is 5.11. The van der Waals surface area contributed by atoms with Crippen LogP contribution in [0.25, 0.3) is 0 Å². The van der Waals surface area contributed by atoms with E-state index in [1.807, 2.05) is 0 Å². The van der Waals surface area contributed by atoms with Crippen molar-refractivity contribution in [2.24, 2.45) is 5.73 Å². The SMILES string of the molecule is Cc1cnc(Cn2ncnc2CN)c(C)c1[N+](=O)[O-]. The molecule has 2 heterocycles. The minimum Gasteiger partial charge on any atom is -0.324 e. The quantitative estimate of drug-likeness (QED) is 0.641. The lowest BCUT2D eigenvalue weighted by molar-refractivity contribution is -0.386. The number of nitrogens with zero attached hydrogens (tertiary/aromatic N) is 5. The van der Waals surface area contributed by atoms with Crippen LogP contribution >= 0.6 is 0 Å². The Bertz CT molecular complexity index is 622. The van der Waals surface area contributed by atoms with Gasteiger partial charge in [-0.3, -0.25) is 15.1 Å². The van der Waals surface area contributed by atoms with Gasteiger partial charge in [-0.1, -0.05) is 0 Å². The lowest BCUT2D eigenvalue weighted by atomic mass is 10.1. The van der Waals surface area contributed by atoms with Gasteiger partial charge in [-0.25, -0.2) is 9.67 Å². The molecule has 0 amide bonds. The summed E-state index contributed by atoms with van der Waals surface area (Å²) in [5.41, 5.74) is 7.32. The molecule has 0 unspecified atom stereocenters. The highest BCUT2D eigenvalue weighted by Gasteiger charge is 2.19. The van der Waals surface area contributed by atoms with Crippen LogP contribution < -0.4 is 5.73 Å². The molecular weight excluding hydrogens is 248 g/mol. The Labute approximate surface area is 109 Å². The normalized spacial score (nSPS) is 10.7. The summed E-state index contributed by atoms with van der Waals surface area (Å²) >= 11 is 0. The van der Waals surface area contributed by atoms with Gasteiger partial charge in [0.1, 0.15) is 12.2 Å². The molecule has 100 valence electrons. The zero-order chi connectivity index (χ0) is 14.0. The molecule has 0 spiro atoms. The van der Waals surface area contributed by atoms with Crippen molar-refractivity contribution < 1.29 is 4.92 Å². The maximum atomic E-state index is 11.0. The summed E-state index contributed by atoms with van der Waals surface area (Å²) in [7, 11) is 0. The third kappa shape index (κ3) is 2.43. The highest BCUT2D eigenvalue weighted by Crippen LogP contribution is 2.24. The molecule has 0 fully saturated rings. The summed E-state index contributed by atoms with van der Waals surface area (Å²) in [6, 6.07) is 0. The van der Waals surface area contributed by atoms with E-state index in [4.69, 9.17) is 5.73 Å². The van der Waals surface area contributed by atoms with Crippen molar-refractivity contribution in [3.05, 3.63) is 45.3 Å². The Morgan fingerprint density at radius 3 is 2.79 bits per heavy atom. The molecule has 2 aromatic rings. The van der Waals surface area contributed by atoms with Gasteiger partial charge in [0.2, 0.25) is 0 Å². The van der Waals surface area contributed by atoms with Crippen LogP contribution in [0.5, 0.6) is 0 Å².